The van der Waals surface area contributed by atoms with Crippen molar-refractivity contribution < 1.29 is 18.4 Å². The summed E-state index contributed by atoms with van der Waals surface area (Å²) in [5.41, 5.74) is 3.16. The van der Waals surface area contributed by atoms with Gasteiger partial charge < -0.3 is 9.57 Å². The van der Waals surface area contributed by atoms with E-state index in [1.54, 1.807) is 12.3 Å². The van der Waals surface area contributed by atoms with Crippen LogP contribution in [-0.4, -0.2) is 29.2 Å². The van der Waals surface area contributed by atoms with Crippen LogP contribution in [0.15, 0.2) is 29.4 Å². The summed E-state index contributed by atoms with van der Waals surface area (Å²) in [6.45, 7) is 5.89. The van der Waals surface area contributed by atoms with Gasteiger partial charge in [0.05, 0.1) is 11.9 Å². The van der Waals surface area contributed by atoms with Crippen LogP contribution in [0, 0.1) is 13.8 Å². The summed E-state index contributed by atoms with van der Waals surface area (Å²) in [6.07, 6.45) is 0.579. The SMILES string of the molecule is CCCc1nnccc1Oc1c(C)cc(N2CN=C(C(F)F)O2)cc1C. The van der Waals surface area contributed by atoms with Crippen molar-refractivity contribution in [3.63, 3.8) is 0 Å². The van der Waals surface area contributed by atoms with Gasteiger partial charge in [-0.3, -0.25) is 0 Å². The summed E-state index contributed by atoms with van der Waals surface area (Å²) in [4.78, 5) is 8.80. The minimum absolute atomic E-state index is 0.0354. The Kier molecular flexibility index (Phi) is 5.29. The van der Waals surface area contributed by atoms with E-state index in [1.807, 2.05) is 26.0 Å². The first kappa shape index (κ1) is 18.0. The van der Waals surface area contributed by atoms with Gasteiger partial charge >= 0.3 is 6.43 Å². The van der Waals surface area contributed by atoms with Gasteiger partial charge in [-0.1, -0.05) is 13.3 Å². The molecular formula is C18H20F2N4O2. The van der Waals surface area contributed by atoms with E-state index in [2.05, 4.69) is 22.1 Å². The molecule has 0 radical (unpaired) electrons. The fraction of sp³-hybridized carbons (Fsp3) is 0.389. The average molecular weight is 362 g/mol. The lowest BCUT2D eigenvalue weighted by Crippen LogP contribution is -2.22. The number of nitrogens with zero attached hydrogens (tertiary/aromatic N) is 4. The number of aromatic nitrogens is 2. The largest absolute Gasteiger partial charge is 0.455 e. The molecule has 3 rings (SSSR count). The van der Waals surface area contributed by atoms with E-state index >= 15 is 0 Å². The maximum atomic E-state index is 12.7. The molecule has 0 N–H and O–H groups in total. The molecule has 8 heteroatoms. The molecular weight excluding hydrogens is 342 g/mol. The number of alkyl halides is 2. The van der Waals surface area contributed by atoms with Crippen LogP contribution in [0.4, 0.5) is 14.5 Å². The molecule has 1 aliphatic heterocycles. The van der Waals surface area contributed by atoms with E-state index in [1.165, 1.54) is 5.06 Å². The highest BCUT2D eigenvalue weighted by molar-refractivity contribution is 5.82. The molecule has 0 amide bonds. The molecule has 2 heterocycles. The Morgan fingerprint density at radius 1 is 1.27 bits per heavy atom. The Balaban J connectivity index is 1.83. The van der Waals surface area contributed by atoms with Crippen molar-refractivity contribution in [2.45, 2.75) is 40.0 Å². The Bertz CT molecular complexity index is 804. The van der Waals surface area contributed by atoms with Gasteiger partial charge in [-0.25, -0.2) is 4.99 Å². The third-order valence-corrected chi connectivity index (χ3v) is 3.93. The predicted molar refractivity (Wildman–Crippen MR) is 93.9 cm³/mol. The minimum atomic E-state index is -2.72. The molecule has 2 aromatic rings. The lowest BCUT2D eigenvalue weighted by Gasteiger charge is -2.20. The predicted octanol–water partition coefficient (Wildman–Crippen LogP) is 4.21. The fourth-order valence-corrected chi connectivity index (χ4v) is 2.74. The first-order valence-corrected chi connectivity index (χ1v) is 8.37. The number of rotatable bonds is 6. The fourth-order valence-electron chi connectivity index (χ4n) is 2.74. The van der Waals surface area contributed by atoms with E-state index in [-0.39, 0.29) is 6.67 Å². The van der Waals surface area contributed by atoms with E-state index in [0.717, 1.165) is 29.7 Å². The molecule has 6 nitrogen and oxygen atoms in total. The van der Waals surface area contributed by atoms with E-state index in [0.29, 0.717) is 17.2 Å². The maximum Gasteiger partial charge on any atom is 0.315 e. The summed E-state index contributed by atoms with van der Waals surface area (Å²) in [6, 6.07) is 5.43. The third kappa shape index (κ3) is 3.74. The topological polar surface area (TPSA) is 59.8 Å². The first-order valence-electron chi connectivity index (χ1n) is 8.37. The maximum absolute atomic E-state index is 12.7. The molecule has 0 unspecified atom stereocenters. The summed E-state index contributed by atoms with van der Waals surface area (Å²) >= 11 is 0. The molecule has 0 bridgehead atoms. The van der Waals surface area contributed by atoms with Crippen molar-refractivity contribution in [1.29, 1.82) is 0 Å². The van der Waals surface area contributed by atoms with Crippen LogP contribution in [0.25, 0.3) is 0 Å². The summed E-state index contributed by atoms with van der Waals surface area (Å²) in [7, 11) is 0. The van der Waals surface area contributed by atoms with E-state index < -0.39 is 12.3 Å². The molecule has 0 atom stereocenters. The van der Waals surface area contributed by atoms with Gasteiger partial charge in [-0.2, -0.15) is 24.0 Å². The van der Waals surface area contributed by atoms with Crippen molar-refractivity contribution in [3.05, 3.63) is 41.2 Å². The molecule has 1 aromatic carbocycles. The Morgan fingerprint density at radius 3 is 2.62 bits per heavy atom. The minimum Gasteiger partial charge on any atom is -0.455 e. The van der Waals surface area contributed by atoms with Crippen molar-refractivity contribution in [2.24, 2.45) is 4.99 Å². The van der Waals surface area contributed by atoms with Gasteiger partial charge in [-0.15, -0.1) is 0 Å². The van der Waals surface area contributed by atoms with Gasteiger partial charge in [0.2, 0.25) is 0 Å². The summed E-state index contributed by atoms with van der Waals surface area (Å²) in [5, 5.41) is 9.39. The third-order valence-electron chi connectivity index (χ3n) is 3.93. The Hall–Kier alpha value is -2.77. The number of hydroxylamine groups is 1. The van der Waals surface area contributed by atoms with Gasteiger partial charge in [0, 0.05) is 6.07 Å². The normalized spacial score (nSPS) is 13.8. The van der Waals surface area contributed by atoms with Crippen molar-refractivity contribution >= 4 is 11.6 Å². The number of hydrogen-bond acceptors (Lipinski definition) is 6. The second-order valence-electron chi connectivity index (χ2n) is 6.01. The molecule has 0 aliphatic carbocycles. The summed E-state index contributed by atoms with van der Waals surface area (Å²) < 4.78 is 31.5. The van der Waals surface area contributed by atoms with Gasteiger partial charge in [0.1, 0.15) is 18.1 Å². The van der Waals surface area contributed by atoms with Crippen LogP contribution >= 0.6 is 0 Å². The number of aliphatic imine (C=N–C) groups is 1. The molecule has 0 saturated carbocycles. The molecule has 0 saturated heterocycles. The second kappa shape index (κ2) is 7.63. The Labute approximate surface area is 150 Å². The quantitative estimate of drug-likeness (QED) is 0.770. The molecule has 138 valence electrons. The zero-order valence-corrected chi connectivity index (χ0v) is 14.9. The number of halogens is 2. The zero-order chi connectivity index (χ0) is 18.7. The molecule has 1 aliphatic rings. The van der Waals surface area contributed by atoms with Crippen LogP contribution in [0.5, 0.6) is 11.5 Å². The monoisotopic (exact) mass is 362 g/mol. The number of anilines is 1. The lowest BCUT2D eigenvalue weighted by molar-refractivity contribution is 0.171. The van der Waals surface area contributed by atoms with Crippen molar-refractivity contribution in [2.75, 3.05) is 11.7 Å². The highest BCUT2D eigenvalue weighted by Gasteiger charge is 2.26. The van der Waals surface area contributed by atoms with Crippen molar-refractivity contribution in [1.82, 2.24) is 10.2 Å². The number of benzene rings is 1. The highest BCUT2D eigenvalue weighted by Crippen LogP contribution is 2.34. The lowest BCUT2D eigenvalue weighted by atomic mass is 10.1. The van der Waals surface area contributed by atoms with E-state index in [9.17, 15) is 8.78 Å². The second-order valence-corrected chi connectivity index (χ2v) is 6.01. The van der Waals surface area contributed by atoms with Gasteiger partial charge in [0.15, 0.2) is 5.75 Å². The smallest absolute Gasteiger partial charge is 0.315 e. The van der Waals surface area contributed by atoms with Crippen LogP contribution < -0.4 is 9.80 Å². The first-order chi connectivity index (χ1) is 12.5. The van der Waals surface area contributed by atoms with Gasteiger partial charge in [-0.05, 0) is 43.5 Å². The number of ether oxygens (including phenoxy) is 1. The highest BCUT2D eigenvalue weighted by atomic mass is 19.3. The molecule has 26 heavy (non-hydrogen) atoms. The average Bonchev–Trinajstić information content (AvgIpc) is 3.10. The molecule has 0 fully saturated rings. The van der Waals surface area contributed by atoms with Crippen molar-refractivity contribution in [3.8, 4) is 11.5 Å². The number of aryl methyl sites for hydroxylation is 3. The van der Waals surface area contributed by atoms with Crippen LogP contribution in [-0.2, 0) is 11.3 Å². The van der Waals surface area contributed by atoms with E-state index in [4.69, 9.17) is 9.57 Å². The molecule has 1 aromatic heterocycles. The molecule has 0 spiro atoms. The van der Waals surface area contributed by atoms with Gasteiger partial charge in [0.25, 0.3) is 5.90 Å². The standard InChI is InChI=1S/C18H20F2N4O2/c1-4-5-14-15(6-7-22-23-14)25-16-11(2)8-13(9-12(16)3)24-10-21-18(26-24)17(19)20/h6-9,17H,4-5,10H2,1-3H3. The summed E-state index contributed by atoms with van der Waals surface area (Å²) in [5.74, 6) is 0.808. The zero-order valence-electron chi connectivity index (χ0n) is 14.9. The number of hydrogen-bond donors (Lipinski definition) is 0. The van der Waals surface area contributed by atoms with Crippen LogP contribution in [0.1, 0.15) is 30.2 Å². The van der Waals surface area contributed by atoms with Crippen LogP contribution in [0.2, 0.25) is 0 Å². The van der Waals surface area contributed by atoms with Crippen LogP contribution in [0.3, 0.4) is 0 Å². The Morgan fingerprint density at radius 2 is 2.00 bits per heavy atom.